The zero-order valence-electron chi connectivity index (χ0n) is 19.5. The van der Waals surface area contributed by atoms with Crippen molar-refractivity contribution in [3.8, 4) is 0 Å². The Morgan fingerprint density at radius 1 is 0.788 bits per heavy atom. The third-order valence-corrected chi connectivity index (χ3v) is 6.62. The number of methoxy groups -OCH3 is 1. The lowest BCUT2D eigenvalue weighted by Gasteiger charge is -2.40. The molecule has 5 heteroatoms. The van der Waals surface area contributed by atoms with E-state index in [0.29, 0.717) is 6.61 Å². The highest BCUT2D eigenvalue weighted by atomic mass is 16.5. The highest BCUT2D eigenvalue weighted by molar-refractivity contribution is 5.79. The molecule has 5 rings (SSSR count). The van der Waals surface area contributed by atoms with Crippen LogP contribution >= 0.6 is 0 Å². The Balaban J connectivity index is 1.42. The Morgan fingerprint density at radius 2 is 1.36 bits per heavy atom. The third-order valence-electron chi connectivity index (χ3n) is 6.62. The van der Waals surface area contributed by atoms with Gasteiger partial charge in [0, 0.05) is 33.3 Å². The fraction of sp³-hybridized carbons (Fsp3) is 0.321. The van der Waals surface area contributed by atoms with Gasteiger partial charge in [0.2, 0.25) is 5.95 Å². The van der Waals surface area contributed by atoms with E-state index >= 15 is 0 Å². The average molecular weight is 441 g/mol. The van der Waals surface area contributed by atoms with Gasteiger partial charge in [0.15, 0.2) is 0 Å². The van der Waals surface area contributed by atoms with Gasteiger partial charge in [0.25, 0.3) is 0 Å². The molecular weight excluding hydrogens is 408 g/mol. The van der Waals surface area contributed by atoms with E-state index in [1.165, 1.54) is 16.6 Å². The molecule has 0 saturated carbocycles. The summed E-state index contributed by atoms with van der Waals surface area (Å²) in [6, 6.07) is 30.6. The van der Waals surface area contributed by atoms with Crippen LogP contribution in [0.2, 0.25) is 0 Å². The van der Waals surface area contributed by atoms with Crippen LogP contribution in [0.15, 0.2) is 84.9 Å². The molecule has 3 aromatic carbocycles. The van der Waals surface area contributed by atoms with Gasteiger partial charge in [-0.3, -0.25) is 4.90 Å². The van der Waals surface area contributed by atoms with Gasteiger partial charge in [-0.1, -0.05) is 72.8 Å². The summed E-state index contributed by atoms with van der Waals surface area (Å²) in [4.78, 5) is 10.1. The molecule has 0 N–H and O–H groups in total. The molecule has 1 saturated heterocycles. The van der Waals surface area contributed by atoms with Gasteiger partial charge < -0.3 is 14.2 Å². The first-order valence-corrected chi connectivity index (χ1v) is 11.8. The molecule has 0 aliphatic carbocycles. The van der Waals surface area contributed by atoms with Crippen molar-refractivity contribution < 1.29 is 4.74 Å². The summed E-state index contributed by atoms with van der Waals surface area (Å²) in [5, 5.41) is 0. The van der Waals surface area contributed by atoms with Crippen molar-refractivity contribution in [2.24, 2.45) is 0 Å². The summed E-state index contributed by atoms with van der Waals surface area (Å²) in [5.41, 5.74) is 4.91. The molecule has 1 aliphatic heterocycles. The Hall–Kier alpha value is -3.15. The maximum Gasteiger partial charge on any atom is 0.206 e. The number of aromatic nitrogens is 2. The van der Waals surface area contributed by atoms with Crippen molar-refractivity contribution in [1.82, 2.24) is 14.5 Å². The monoisotopic (exact) mass is 440 g/mol. The second-order valence-electron chi connectivity index (χ2n) is 8.82. The normalized spacial score (nSPS) is 15.9. The highest BCUT2D eigenvalue weighted by Crippen LogP contribution is 2.32. The lowest BCUT2D eigenvalue weighted by molar-refractivity contribution is 0.163. The Kier molecular flexibility index (Phi) is 6.42. The first-order valence-electron chi connectivity index (χ1n) is 11.8. The predicted octanol–water partition coefficient (Wildman–Crippen LogP) is 5.16. The van der Waals surface area contributed by atoms with E-state index < -0.39 is 0 Å². The van der Waals surface area contributed by atoms with Gasteiger partial charge in [-0.2, -0.15) is 0 Å². The molecule has 170 valence electrons. The predicted molar refractivity (Wildman–Crippen MR) is 135 cm³/mol. The number of fused-ring (bicyclic) bond motifs is 1. The number of nitrogens with zero attached hydrogens (tertiary/aromatic N) is 4. The molecule has 1 unspecified atom stereocenters. The number of hydrogen-bond acceptors (Lipinski definition) is 4. The van der Waals surface area contributed by atoms with Crippen LogP contribution < -0.4 is 4.90 Å². The van der Waals surface area contributed by atoms with Crippen LogP contribution in [0.4, 0.5) is 5.95 Å². The molecule has 4 aromatic rings. The number of piperazine rings is 1. The fourth-order valence-corrected chi connectivity index (χ4v) is 5.07. The second kappa shape index (κ2) is 9.77. The summed E-state index contributed by atoms with van der Waals surface area (Å²) in [7, 11) is 1.77. The van der Waals surface area contributed by atoms with Crippen LogP contribution in [0, 0.1) is 0 Å². The number of rotatable bonds is 7. The van der Waals surface area contributed by atoms with E-state index in [9.17, 15) is 0 Å². The molecule has 0 amide bonds. The quantitative estimate of drug-likeness (QED) is 0.398. The molecule has 1 fully saturated rings. The van der Waals surface area contributed by atoms with E-state index in [-0.39, 0.29) is 12.1 Å². The lowest BCUT2D eigenvalue weighted by atomic mass is 9.96. The summed E-state index contributed by atoms with van der Waals surface area (Å²) in [6.07, 6.45) is 0. The van der Waals surface area contributed by atoms with Crippen molar-refractivity contribution in [2.45, 2.75) is 19.0 Å². The molecule has 5 nitrogen and oxygen atoms in total. The molecule has 1 atom stereocenters. The average Bonchev–Trinajstić information content (AvgIpc) is 3.26. The zero-order valence-corrected chi connectivity index (χ0v) is 19.5. The summed E-state index contributed by atoms with van der Waals surface area (Å²) in [5.74, 6) is 1.05. The lowest BCUT2D eigenvalue weighted by Crippen LogP contribution is -2.48. The van der Waals surface area contributed by atoms with E-state index in [1.807, 2.05) is 0 Å². The van der Waals surface area contributed by atoms with E-state index in [4.69, 9.17) is 9.72 Å². The number of para-hydroxylation sites is 2. The van der Waals surface area contributed by atoms with E-state index in [0.717, 1.165) is 37.6 Å². The molecule has 0 spiro atoms. The van der Waals surface area contributed by atoms with Gasteiger partial charge >= 0.3 is 0 Å². The minimum Gasteiger partial charge on any atom is -0.383 e. The smallest absolute Gasteiger partial charge is 0.206 e. The zero-order chi connectivity index (χ0) is 22.6. The molecule has 1 aliphatic rings. The minimum absolute atomic E-state index is 0.219. The fourth-order valence-electron chi connectivity index (χ4n) is 5.07. The first-order chi connectivity index (χ1) is 16.3. The highest BCUT2D eigenvalue weighted by Gasteiger charge is 2.29. The Bertz CT molecular complexity index is 1130. The van der Waals surface area contributed by atoms with Crippen LogP contribution in [-0.4, -0.2) is 54.3 Å². The topological polar surface area (TPSA) is 33.5 Å². The van der Waals surface area contributed by atoms with Gasteiger partial charge in [-0.25, -0.2) is 4.98 Å². The molecule has 1 aromatic heterocycles. The van der Waals surface area contributed by atoms with E-state index in [2.05, 4.69) is 106 Å². The number of ether oxygens (including phenoxy) is 1. The van der Waals surface area contributed by atoms with Crippen LogP contribution in [-0.2, 0) is 4.74 Å². The van der Waals surface area contributed by atoms with Crippen LogP contribution in [0.5, 0.6) is 0 Å². The minimum atomic E-state index is 0.219. The summed E-state index contributed by atoms with van der Waals surface area (Å²) in [6.45, 7) is 6.72. The second-order valence-corrected chi connectivity index (χ2v) is 8.82. The number of hydrogen-bond donors (Lipinski definition) is 0. The molecular formula is C28H32N4O. The van der Waals surface area contributed by atoms with Gasteiger partial charge in [0.05, 0.1) is 29.7 Å². The molecule has 0 bridgehead atoms. The Morgan fingerprint density at radius 3 is 1.97 bits per heavy atom. The van der Waals surface area contributed by atoms with Crippen molar-refractivity contribution >= 4 is 17.0 Å². The van der Waals surface area contributed by atoms with Crippen LogP contribution in [0.1, 0.15) is 30.1 Å². The Labute approximate surface area is 196 Å². The number of imidazole rings is 1. The largest absolute Gasteiger partial charge is 0.383 e. The maximum atomic E-state index is 5.49. The van der Waals surface area contributed by atoms with Crippen LogP contribution in [0.25, 0.3) is 11.0 Å². The van der Waals surface area contributed by atoms with Gasteiger partial charge in [0.1, 0.15) is 0 Å². The number of benzene rings is 3. The molecule has 0 radical (unpaired) electrons. The molecule has 33 heavy (non-hydrogen) atoms. The van der Waals surface area contributed by atoms with Crippen LogP contribution in [0.3, 0.4) is 0 Å². The van der Waals surface area contributed by atoms with Gasteiger partial charge in [-0.05, 0) is 30.2 Å². The van der Waals surface area contributed by atoms with E-state index in [1.54, 1.807) is 7.11 Å². The van der Waals surface area contributed by atoms with Crippen molar-refractivity contribution in [1.29, 1.82) is 0 Å². The first kappa shape index (κ1) is 21.7. The van der Waals surface area contributed by atoms with Gasteiger partial charge in [-0.15, -0.1) is 0 Å². The third kappa shape index (κ3) is 4.39. The standard InChI is InChI=1S/C28H32N4O/c1-22(21-33-2)32-26-16-10-9-15-25(26)29-28(32)31-19-17-30(18-20-31)27(23-11-5-3-6-12-23)24-13-7-4-8-14-24/h3-16,22,27H,17-21H2,1-2H3. The maximum absolute atomic E-state index is 5.49. The van der Waals surface area contributed by atoms with Crippen molar-refractivity contribution in [3.63, 3.8) is 0 Å². The molecule has 2 heterocycles. The van der Waals surface area contributed by atoms with Crippen molar-refractivity contribution in [2.75, 3.05) is 44.8 Å². The van der Waals surface area contributed by atoms with Crippen molar-refractivity contribution in [3.05, 3.63) is 96.1 Å². The summed E-state index contributed by atoms with van der Waals surface area (Å²) >= 11 is 0. The SMILES string of the molecule is COCC(C)n1c(N2CCN(C(c3ccccc3)c3ccccc3)CC2)nc2ccccc21. The number of anilines is 1. The summed E-state index contributed by atoms with van der Waals surface area (Å²) < 4.78 is 7.84.